The fourth-order valence-electron chi connectivity index (χ4n) is 3.11. The molecule has 6 heteroatoms. The van der Waals surface area contributed by atoms with E-state index in [2.05, 4.69) is 5.10 Å². The number of nitrogens with zero attached hydrogens (tertiary/aromatic N) is 3. The van der Waals surface area contributed by atoms with Crippen LogP contribution in [0.5, 0.6) is 0 Å². The molecule has 25 heavy (non-hydrogen) atoms. The van der Waals surface area contributed by atoms with Crippen molar-refractivity contribution in [3.63, 3.8) is 0 Å². The van der Waals surface area contributed by atoms with Crippen molar-refractivity contribution < 1.29 is 9.18 Å². The third-order valence-electron chi connectivity index (χ3n) is 4.66. The third kappa shape index (κ3) is 3.79. The van der Waals surface area contributed by atoms with Crippen molar-refractivity contribution in [2.24, 2.45) is 5.73 Å². The molecule has 2 N–H and O–H groups in total. The molecule has 0 bridgehead atoms. The number of carbonyl (C=O) groups is 1. The molecule has 2 heterocycles. The summed E-state index contributed by atoms with van der Waals surface area (Å²) in [4.78, 5) is 14.2. The number of nitrogens with two attached hydrogens (primary N) is 1. The van der Waals surface area contributed by atoms with Gasteiger partial charge in [-0.3, -0.25) is 4.79 Å². The number of carbonyl (C=O) groups excluding carboxylic acids is 1. The second-order valence-electron chi connectivity index (χ2n) is 6.47. The van der Waals surface area contributed by atoms with Gasteiger partial charge >= 0.3 is 0 Å². The van der Waals surface area contributed by atoms with Gasteiger partial charge in [0.25, 0.3) is 0 Å². The number of likely N-dealkylation sites (tertiary alicyclic amines) is 1. The highest BCUT2D eigenvalue weighted by Crippen LogP contribution is 2.20. The van der Waals surface area contributed by atoms with Crippen molar-refractivity contribution >= 4 is 12.0 Å². The number of aromatic nitrogens is 2. The van der Waals surface area contributed by atoms with Gasteiger partial charge in [0.2, 0.25) is 5.91 Å². The number of benzene rings is 1. The topological polar surface area (TPSA) is 64.2 Å². The predicted octanol–water partition coefficient (Wildman–Crippen LogP) is 2.59. The van der Waals surface area contributed by atoms with Crippen LogP contribution in [-0.2, 0) is 4.79 Å². The van der Waals surface area contributed by atoms with Crippen molar-refractivity contribution in [2.45, 2.75) is 32.7 Å². The maximum atomic E-state index is 13.1. The quantitative estimate of drug-likeness (QED) is 0.872. The van der Waals surface area contributed by atoms with Crippen molar-refractivity contribution in [3.8, 4) is 5.69 Å². The smallest absolute Gasteiger partial charge is 0.246 e. The summed E-state index contributed by atoms with van der Waals surface area (Å²) in [5.41, 5.74) is 9.31. The first-order valence-electron chi connectivity index (χ1n) is 8.50. The zero-order valence-electron chi connectivity index (χ0n) is 14.6. The molecule has 0 saturated carbocycles. The first-order valence-corrected chi connectivity index (χ1v) is 8.50. The highest BCUT2D eigenvalue weighted by Gasteiger charge is 2.19. The Morgan fingerprint density at radius 3 is 2.52 bits per heavy atom. The van der Waals surface area contributed by atoms with Gasteiger partial charge in [0.05, 0.1) is 11.4 Å². The molecule has 1 aromatic carbocycles. The lowest BCUT2D eigenvalue weighted by atomic mass is 10.1. The highest BCUT2D eigenvalue weighted by atomic mass is 19.1. The molecule has 1 amide bonds. The number of amides is 1. The van der Waals surface area contributed by atoms with Crippen LogP contribution in [0, 0.1) is 19.7 Å². The lowest BCUT2D eigenvalue weighted by molar-refractivity contribution is -0.126. The number of hydrogen-bond donors (Lipinski definition) is 1. The van der Waals surface area contributed by atoms with E-state index in [-0.39, 0.29) is 17.8 Å². The Morgan fingerprint density at radius 1 is 1.24 bits per heavy atom. The van der Waals surface area contributed by atoms with Crippen molar-refractivity contribution in [1.82, 2.24) is 14.7 Å². The van der Waals surface area contributed by atoms with Gasteiger partial charge in [-0.05, 0) is 57.0 Å². The first kappa shape index (κ1) is 17.4. The fourth-order valence-corrected chi connectivity index (χ4v) is 3.11. The molecule has 2 aromatic rings. The SMILES string of the molecule is Cc1nn(-c2ccc(F)cc2)c(C)c1C=CC(=O)N1CCC(N)CC1. The van der Waals surface area contributed by atoms with Crippen LogP contribution in [0.2, 0.25) is 0 Å². The van der Waals surface area contributed by atoms with Crippen LogP contribution in [0.4, 0.5) is 4.39 Å². The van der Waals surface area contributed by atoms with Gasteiger partial charge in [-0.25, -0.2) is 9.07 Å². The average Bonchev–Trinajstić information content (AvgIpc) is 2.88. The summed E-state index contributed by atoms with van der Waals surface area (Å²) < 4.78 is 14.9. The van der Waals surface area contributed by atoms with Crippen molar-refractivity contribution in [2.75, 3.05) is 13.1 Å². The summed E-state index contributed by atoms with van der Waals surface area (Å²) in [6.45, 7) is 5.25. The van der Waals surface area contributed by atoms with E-state index < -0.39 is 0 Å². The molecular weight excluding hydrogens is 319 g/mol. The third-order valence-corrected chi connectivity index (χ3v) is 4.66. The summed E-state index contributed by atoms with van der Waals surface area (Å²) in [6, 6.07) is 6.39. The van der Waals surface area contributed by atoms with E-state index in [0.29, 0.717) is 13.1 Å². The maximum absolute atomic E-state index is 13.1. The van der Waals surface area contributed by atoms with Crippen molar-refractivity contribution in [1.29, 1.82) is 0 Å². The van der Waals surface area contributed by atoms with E-state index in [0.717, 1.165) is 35.5 Å². The number of piperidine rings is 1. The number of rotatable bonds is 3. The van der Waals surface area contributed by atoms with Crippen LogP contribution in [-0.4, -0.2) is 39.7 Å². The lowest BCUT2D eigenvalue weighted by Crippen LogP contribution is -2.42. The Balaban J connectivity index is 1.79. The Bertz CT molecular complexity index is 787. The van der Waals surface area contributed by atoms with E-state index in [1.807, 2.05) is 24.8 Å². The Hall–Kier alpha value is -2.47. The zero-order valence-corrected chi connectivity index (χ0v) is 14.6. The second-order valence-corrected chi connectivity index (χ2v) is 6.47. The van der Waals surface area contributed by atoms with Gasteiger partial charge in [0.15, 0.2) is 0 Å². The van der Waals surface area contributed by atoms with Gasteiger partial charge < -0.3 is 10.6 Å². The minimum absolute atomic E-state index is 0.000215. The van der Waals surface area contributed by atoms with E-state index >= 15 is 0 Å². The molecule has 0 radical (unpaired) electrons. The number of halogens is 1. The fraction of sp³-hybridized carbons (Fsp3) is 0.368. The van der Waals surface area contributed by atoms with Gasteiger partial charge in [0.1, 0.15) is 5.82 Å². The standard InChI is InChI=1S/C19H23FN4O/c1-13-18(7-8-19(25)23-11-9-16(21)10-12-23)14(2)24(22-13)17-5-3-15(20)4-6-17/h3-8,16H,9-12,21H2,1-2H3. The summed E-state index contributed by atoms with van der Waals surface area (Å²) in [6.07, 6.45) is 5.11. The van der Waals surface area contributed by atoms with Gasteiger partial charge in [-0.15, -0.1) is 0 Å². The molecule has 1 aliphatic rings. The average molecular weight is 342 g/mol. The van der Waals surface area contributed by atoms with Crippen LogP contribution in [0.3, 0.4) is 0 Å². The Kier molecular flexibility index (Phi) is 4.99. The molecule has 1 fully saturated rings. The molecule has 0 unspecified atom stereocenters. The van der Waals surface area contributed by atoms with Crippen LogP contribution in [0.1, 0.15) is 29.8 Å². The minimum atomic E-state index is -0.280. The lowest BCUT2D eigenvalue weighted by Gasteiger charge is -2.29. The van der Waals surface area contributed by atoms with Crippen LogP contribution >= 0.6 is 0 Å². The highest BCUT2D eigenvalue weighted by molar-refractivity contribution is 5.92. The molecule has 1 aliphatic heterocycles. The van der Waals surface area contributed by atoms with Crippen molar-refractivity contribution in [3.05, 3.63) is 53.1 Å². The molecular formula is C19H23FN4O. The minimum Gasteiger partial charge on any atom is -0.339 e. The Morgan fingerprint density at radius 2 is 1.88 bits per heavy atom. The molecule has 0 atom stereocenters. The first-order chi connectivity index (χ1) is 12.0. The summed E-state index contributed by atoms with van der Waals surface area (Å²) in [5.74, 6) is -0.280. The van der Waals surface area contributed by atoms with E-state index in [9.17, 15) is 9.18 Å². The Labute approximate surface area is 146 Å². The number of hydrogen-bond acceptors (Lipinski definition) is 3. The second kappa shape index (κ2) is 7.19. The maximum Gasteiger partial charge on any atom is 0.246 e. The van der Waals surface area contributed by atoms with Crippen LogP contribution < -0.4 is 5.73 Å². The monoisotopic (exact) mass is 342 g/mol. The molecule has 5 nitrogen and oxygen atoms in total. The summed E-state index contributed by atoms with van der Waals surface area (Å²) >= 11 is 0. The molecule has 1 saturated heterocycles. The molecule has 3 rings (SSSR count). The zero-order chi connectivity index (χ0) is 18.0. The number of aryl methyl sites for hydroxylation is 1. The molecule has 1 aromatic heterocycles. The van der Waals surface area contributed by atoms with Crippen LogP contribution in [0.15, 0.2) is 30.3 Å². The summed E-state index contributed by atoms with van der Waals surface area (Å²) in [7, 11) is 0. The molecule has 132 valence electrons. The van der Waals surface area contributed by atoms with E-state index in [1.165, 1.54) is 12.1 Å². The van der Waals surface area contributed by atoms with Gasteiger partial charge in [-0.2, -0.15) is 5.10 Å². The van der Waals surface area contributed by atoms with E-state index in [4.69, 9.17) is 5.73 Å². The summed E-state index contributed by atoms with van der Waals surface area (Å²) in [5, 5.41) is 4.51. The van der Waals surface area contributed by atoms with Gasteiger partial charge in [0, 0.05) is 36.5 Å². The normalized spacial score (nSPS) is 15.9. The largest absolute Gasteiger partial charge is 0.339 e. The molecule has 0 aliphatic carbocycles. The van der Waals surface area contributed by atoms with Crippen LogP contribution in [0.25, 0.3) is 11.8 Å². The van der Waals surface area contributed by atoms with E-state index in [1.54, 1.807) is 22.9 Å². The predicted molar refractivity (Wildman–Crippen MR) is 95.8 cm³/mol. The molecule has 0 spiro atoms. The van der Waals surface area contributed by atoms with Gasteiger partial charge in [-0.1, -0.05) is 0 Å².